The Balaban J connectivity index is 0.00000182. The average Bonchev–Trinajstić information content (AvgIpc) is 2.66. The molecular formula is C20H17BrN2OS. The van der Waals surface area contributed by atoms with E-state index >= 15 is 0 Å². The van der Waals surface area contributed by atoms with E-state index < -0.39 is 0 Å². The number of thioether (sulfide) groups is 1. The molecule has 0 radical (unpaired) electrons. The van der Waals surface area contributed by atoms with Gasteiger partial charge in [0.1, 0.15) is 5.04 Å². The quantitative estimate of drug-likeness (QED) is 0.650. The Bertz CT molecular complexity index is 874. The second-order valence-electron chi connectivity index (χ2n) is 5.57. The lowest BCUT2D eigenvalue weighted by Crippen LogP contribution is -2.30. The Morgan fingerprint density at radius 3 is 2.68 bits per heavy atom. The number of fused-ring (bicyclic) bond motifs is 3. The predicted molar refractivity (Wildman–Crippen MR) is 112 cm³/mol. The number of halogens is 1. The zero-order valence-electron chi connectivity index (χ0n) is 13.5. The molecule has 0 fully saturated rings. The molecule has 2 aromatic carbocycles. The molecule has 0 bridgehead atoms. The van der Waals surface area contributed by atoms with Gasteiger partial charge in [0.2, 0.25) is 0 Å². The van der Waals surface area contributed by atoms with E-state index in [1.54, 1.807) is 0 Å². The van der Waals surface area contributed by atoms with Gasteiger partial charge in [-0.05, 0) is 18.2 Å². The molecule has 0 saturated heterocycles. The Hall–Kier alpha value is -2.11. The van der Waals surface area contributed by atoms with Crippen LogP contribution in [0.1, 0.15) is 10.4 Å². The summed E-state index contributed by atoms with van der Waals surface area (Å²) in [7, 11) is 0. The number of ketones is 1. The van der Waals surface area contributed by atoms with Crippen molar-refractivity contribution in [3.05, 3.63) is 84.1 Å². The van der Waals surface area contributed by atoms with Gasteiger partial charge in [-0.3, -0.25) is 4.79 Å². The first-order chi connectivity index (χ1) is 11.8. The van der Waals surface area contributed by atoms with E-state index in [4.69, 9.17) is 4.99 Å². The van der Waals surface area contributed by atoms with E-state index in [2.05, 4.69) is 29.2 Å². The van der Waals surface area contributed by atoms with Crippen molar-refractivity contribution in [3.8, 4) is 0 Å². The normalized spacial score (nSPS) is 14.6. The Morgan fingerprint density at radius 2 is 1.84 bits per heavy atom. The molecule has 0 amide bonds. The van der Waals surface area contributed by atoms with Crippen LogP contribution >= 0.6 is 28.7 Å². The first-order valence-electron chi connectivity index (χ1n) is 7.86. The molecule has 0 aromatic heterocycles. The van der Waals surface area contributed by atoms with Crippen LogP contribution in [0.4, 0.5) is 11.4 Å². The molecule has 126 valence electrons. The van der Waals surface area contributed by atoms with Crippen molar-refractivity contribution < 1.29 is 4.79 Å². The molecule has 2 heterocycles. The highest BCUT2D eigenvalue weighted by molar-refractivity contribution is 8.93. The number of nitrogens with zero attached hydrogens (tertiary/aromatic N) is 2. The lowest BCUT2D eigenvalue weighted by molar-refractivity contribution is 0.102. The summed E-state index contributed by atoms with van der Waals surface area (Å²) in [4.78, 5) is 19.4. The minimum absolute atomic E-state index is 0. The summed E-state index contributed by atoms with van der Waals surface area (Å²) in [6, 6.07) is 17.5. The minimum Gasteiger partial charge on any atom is -0.334 e. The van der Waals surface area contributed by atoms with Gasteiger partial charge in [0, 0.05) is 12.1 Å². The maximum Gasteiger partial charge on any atom is 0.173 e. The van der Waals surface area contributed by atoms with Gasteiger partial charge in [0.15, 0.2) is 5.78 Å². The Labute approximate surface area is 161 Å². The second-order valence-corrected chi connectivity index (χ2v) is 6.54. The predicted octanol–water partition coefficient (Wildman–Crippen LogP) is 5.18. The third kappa shape index (κ3) is 3.62. The summed E-state index contributed by atoms with van der Waals surface area (Å²) in [6.07, 6.45) is 6.25. The molecule has 0 atom stereocenters. The summed E-state index contributed by atoms with van der Waals surface area (Å²) in [5, 5.41) is 0.905. The average molecular weight is 413 g/mol. The lowest BCUT2D eigenvalue weighted by Gasteiger charge is -2.33. The molecule has 3 nitrogen and oxygen atoms in total. The lowest BCUT2D eigenvalue weighted by atomic mass is 10.1. The van der Waals surface area contributed by atoms with Crippen LogP contribution in [0.25, 0.3) is 0 Å². The van der Waals surface area contributed by atoms with Crippen LogP contribution in [0.5, 0.6) is 0 Å². The topological polar surface area (TPSA) is 32.7 Å². The number of anilines is 1. The van der Waals surface area contributed by atoms with Gasteiger partial charge in [-0.25, -0.2) is 4.99 Å². The smallest absolute Gasteiger partial charge is 0.173 e. The van der Waals surface area contributed by atoms with Crippen LogP contribution in [0.2, 0.25) is 0 Å². The fourth-order valence-electron chi connectivity index (χ4n) is 2.83. The molecule has 2 aromatic rings. The summed E-state index contributed by atoms with van der Waals surface area (Å²) < 4.78 is 0. The van der Waals surface area contributed by atoms with Crippen molar-refractivity contribution in [3.63, 3.8) is 0 Å². The highest BCUT2D eigenvalue weighted by atomic mass is 79.9. The Morgan fingerprint density at radius 1 is 1.08 bits per heavy atom. The first-order valence-corrected chi connectivity index (χ1v) is 8.85. The third-order valence-electron chi connectivity index (χ3n) is 4.02. The van der Waals surface area contributed by atoms with Gasteiger partial charge in [0.05, 0.1) is 22.8 Å². The van der Waals surface area contributed by atoms with Gasteiger partial charge < -0.3 is 4.90 Å². The van der Waals surface area contributed by atoms with Crippen LogP contribution in [0.15, 0.2) is 83.5 Å². The van der Waals surface area contributed by atoms with Crippen LogP contribution in [0, 0.1) is 0 Å². The second kappa shape index (κ2) is 7.85. The van der Waals surface area contributed by atoms with Gasteiger partial charge >= 0.3 is 0 Å². The third-order valence-corrected chi connectivity index (χ3v) is 5.00. The van der Waals surface area contributed by atoms with Gasteiger partial charge in [-0.1, -0.05) is 66.4 Å². The molecule has 0 N–H and O–H groups in total. The maximum absolute atomic E-state index is 12.4. The van der Waals surface area contributed by atoms with Crippen molar-refractivity contribution in [2.24, 2.45) is 4.99 Å². The molecule has 2 aliphatic heterocycles. The number of rotatable bonds is 3. The summed E-state index contributed by atoms with van der Waals surface area (Å²) in [5.74, 6) is 0.514. The maximum atomic E-state index is 12.4. The van der Waals surface area contributed by atoms with Crippen LogP contribution in [-0.4, -0.2) is 23.1 Å². The van der Waals surface area contributed by atoms with Crippen molar-refractivity contribution in [2.45, 2.75) is 0 Å². The number of carbonyl (C=O) groups is 1. The highest BCUT2D eigenvalue weighted by Gasteiger charge is 2.25. The number of carbonyl (C=O) groups excluding carboxylic acids is 1. The number of para-hydroxylation sites is 2. The van der Waals surface area contributed by atoms with E-state index in [0.29, 0.717) is 5.75 Å². The zero-order chi connectivity index (χ0) is 16.4. The molecule has 4 rings (SSSR count). The molecule has 25 heavy (non-hydrogen) atoms. The van der Waals surface area contributed by atoms with Crippen LogP contribution in [-0.2, 0) is 0 Å². The summed E-state index contributed by atoms with van der Waals surface area (Å²) >= 11 is 1.51. The number of aliphatic imine (C=N–C) groups is 1. The molecule has 0 saturated carbocycles. The highest BCUT2D eigenvalue weighted by Crippen LogP contribution is 2.39. The van der Waals surface area contributed by atoms with E-state index in [-0.39, 0.29) is 22.8 Å². The number of hydrogen-bond acceptors (Lipinski definition) is 4. The van der Waals surface area contributed by atoms with E-state index in [0.717, 1.165) is 34.2 Å². The summed E-state index contributed by atoms with van der Waals surface area (Å²) in [5.41, 5.74) is 3.89. The number of hydrogen-bond donors (Lipinski definition) is 0. The number of benzene rings is 2. The van der Waals surface area contributed by atoms with Crippen molar-refractivity contribution in [1.82, 2.24) is 0 Å². The van der Waals surface area contributed by atoms with Gasteiger partial charge in [-0.2, -0.15) is 0 Å². The van der Waals surface area contributed by atoms with Crippen LogP contribution in [0.3, 0.4) is 0 Å². The molecule has 0 aliphatic carbocycles. The summed E-state index contributed by atoms with van der Waals surface area (Å²) in [6.45, 7) is 0.828. The van der Waals surface area contributed by atoms with E-state index in [1.165, 1.54) is 11.8 Å². The van der Waals surface area contributed by atoms with E-state index in [1.807, 2.05) is 48.5 Å². The largest absolute Gasteiger partial charge is 0.334 e. The molecule has 5 heteroatoms. The SMILES string of the molecule is Br.O=C(CSC1=Nc2ccccc2N2CC=CC=C12)c1ccccc1. The monoisotopic (exact) mass is 412 g/mol. The van der Waals surface area contributed by atoms with E-state index in [9.17, 15) is 4.79 Å². The molecule has 0 spiro atoms. The fraction of sp³-hybridized carbons (Fsp3) is 0.100. The minimum atomic E-state index is 0. The van der Waals surface area contributed by atoms with Gasteiger partial charge in [0.25, 0.3) is 0 Å². The van der Waals surface area contributed by atoms with Crippen LogP contribution < -0.4 is 4.90 Å². The standard InChI is InChI=1S/C20H16N2OS.BrH/c23-19(15-8-2-1-3-9-15)14-24-20-18-12-6-7-13-22(18)17-11-5-4-10-16(17)21-20;/h1-12H,13-14H2;1H. The van der Waals surface area contributed by atoms with Crippen molar-refractivity contribution >= 4 is 50.9 Å². The molecule has 0 unspecified atom stereocenters. The molecule has 2 aliphatic rings. The van der Waals surface area contributed by atoms with Crippen molar-refractivity contribution in [1.29, 1.82) is 0 Å². The number of allylic oxidation sites excluding steroid dienone is 2. The zero-order valence-corrected chi connectivity index (χ0v) is 16.0. The van der Waals surface area contributed by atoms with Crippen molar-refractivity contribution in [2.75, 3.05) is 17.2 Å². The Kier molecular flexibility index (Phi) is 5.56. The number of Topliss-reactive ketones (excluding diaryl/α,β-unsaturated/α-hetero) is 1. The van der Waals surface area contributed by atoms with Gasteiger partial charge in [-0.15, -0.1) is 17.0 Å². The first kappa shape index (κ1) is 17.7. The molecular weight excluding hydrogens is 396 g/mol. The fourth-order valence-corrected chi connectivity index (χ4v) is 3.75.